The van der Waals surface area contributed by atoms with Crippen LogP contribution in [0, 0.1) is 5.82 Å². The molecule has 1 heterocycles. The molecule has 1 unspecified atom stereocenters. The average molecular weight is 308 g/mol. The van der Waals surface area contributed by atoms with Crippen LogP contribution in [0.1, 0.15) is 18.1 Å². The molecule has 5 heteroatoms. The summed E-state index contributed by atoms with van der Waals surface area (Å²) in [7, 11) is 0. The number of halogens is 2. The van der Waals surface area contributed by atoms with E-state index in [0.29, 0.717) is 15.0 Å². The molecule has 1 aromatic rings. The van der Waals surface area contributed by atoms with Crippen LogP contribution in [0.25, 0.3) is 0 Å². The SMILES string of the molecule is O=C(CCl)OC1CC[Se]c2ccc(F)cc21. The minimum absolute atomic E-state index is 0.160. The van der Waals surface area contributed by atoms with Crippen LogP contribution in [0.2, 0.25) is 5.32 Å². The van der Waals surface area contributed by atoms with Crippen molar-refractivity contribution >= 4 is 37.0 Å². The van der Waals surface area contributed by atoms with E-state index < -0.39 is 5.97 Å². The number of benzene rings is 1. The second kappa shape index (κ2) is 5.17. The van der Waals surface area contributed by atoms with E-state index in [9.17, 15) is 9.18 Å². The van der Waals surface area contributed by atoms with Crippen LogP contribution in [0.4, 0.5) is 4.39 Å². The van der Waals surface area contributed by atoms with Crippen molar-refractivity contribution in [2.75, 3.05) is 5.88 Å². The maximum absolute atomic E-state index is 13.1. The quantitative estimate of drug-likeness (QED) is 0.473. The third-order valence-corrected chi connectivity index (χ3v) is 4.91. The molecule has 0 bridgehead atoms. The Bertz CT molecular complexity index is 411. The van der Waals surface area contributed by atoms with Gasteiger partial charge in [-0.2, -0.15) is 0 Å². The molecule has 86 valence electrons. The van der Waals surface area contributed by atoms with Crippen LogP contribution in [0.5, 0.6) is 0 Å². The third kappa shape index (κ3) is 2.57. The topological polar surface area (TPSA) is 26.3 Å². The number of carbonyl (C=O) groups excluding carboxylic acids is 1. The molecule has 2 rings (SSSR count). The molecule has 0 aromatic heterocycles. The van der Waals surface area contributed by atoms with Gasteiger partial charge in [0.15, 0.2) is 0 Å². The van der Waals surface area contributed by atoms with Crippen molar-refractivity contribution in [3.63, 3.8) is 0 Å². The van der Waals surface area contributed by atoms with Gasteiger partial charge >= 0.3 is 104 Å². The van der Waals surface area contributed by atoms with Gasteiger partial charge in [0, 0.05) is 0 Å². The van der Waals surface area contributed by atoms with Crippen molar-refractivity contribution in [3.8, 4) is 0 Å². The molecular formula is C11H10ClFO2Se. The summed E-state index contributed by atoms with van der Waals surface area (Å²) in [6, 6.07) is 4.69. The number of hydrogen-bond donors (Lipinski definition) is 0. The fourth-order valence-electron chi connectivity index (χ4n) is 1.65. The van der Waals surface area contributed by atoms with Crippen molar-refractivity contribution in [2.24, 2.45) is 0 Å². The van der Waals surface area contributed by atoms with Crippen LogP contribution in [0.3, 0.4) is 0 Å². The molecule has 0 saturated carbocycles. The van der Waals surface area contributed by atoms with Crippen molar-refractivity contribution in [3.05, 3.63) is 29.6 Å². The van der Waals surface area contributed by atoms with Crippen LogP contribution < -0.4 is 4.46 Å². The zero-order valence-electron chi connectivity index (χ0n) is 8.41. The summed E-state index contributed by atoms with van der Waals surface area (Å²) < 4.78 is 19.4. The summed E-state index contributed by atoms with van der Waals surface area (Å²) in [4.78, 5) is 11.1. The van der Waals surface area contributed by atoms with Gasteiger partial charge in [-0.15, -0.1) is 0 Å². The van der Waals surface area contributed by atoms with Gasteiger partial charge in [-0.3, -0.25) is 0 Å². The summed E-state index contributed by atoms with van der Waals surface area (Å²) in [5.74, 6) is -0.897. The van der Waals surface area contributed by atoms with E-state index in [1.807, 2.05) is 0 Å². The van der Waals surface area contributed by atoms with E-state index in [4.69, 9.17) is 16.3 Å². The molecule has 2 nitrogen and oxygen atoms in total. The van der Waals surface area contributed by atoms with E-state index in [2.05, 4.69) is 0 Å². The molecule has 0 fully saturated rings. The van der Waals surface area contributed by atoms with Gasteiger partial charge in [-0.1, -0.05) is 0 Å². The van der Waals surface area contributed by atoms with Gasteiger partial charge in [-0.05, 0) is 0 Å². The van der Waals surface area contributed by atoms with Gasteiger partial charge in [-0.25, -0.2) is 0 Å². The average Bonchev–Trinajstić information content (AvgIpc) is 2.29. The first-order valence-electron chi connectivity index (χ1n) is 4.88. The first-order valence-corrected chi connectivity index (χ1v) is 7.48. The molecule has 0 saturated heterocycles. The van der Waals surface area contributed by atoms with Crippen molar-refractivity contribution in [1.29, 1.82) is 0 Å². The molecule has 0 amide bonds. The van der Waals surface area contributed by atoms with E-state index in [1.165, 1.54) is 12.1 Å². The zero-order chi connectivity index (χ0) is 11.5. The molecule has 1 aliphatic heterocycles. The summed E-state index contributed by atoms with van der Waals surface area (Å²) in [6.07, 6.45) is 0.437. The first kappa shape index (κ1) is 11.9. The Hall–Kier alpha value is -0.571. The van der Waals surface area contributed by atoms with Crippen LogP contribution in [-0.4, -0.2) is 26.8 Å². The van der Waals surface area contributed by atoms with Gasteiger partial charge in [0.25, 0.3) is 0 Å². The van der Waals surface area contributed by atoms with Gasteiger partial charge in [0.2, 0.25) is 0 Å². The predicted octanol–water partition coefficient (Wildman–Crippen LogP) is 1.80. The van der Waals surface area contributed by atoms with Crippen LogP contribution in [0.15, 0.2) is 18.2 Å². The van der Waals surface area contributed by atoms with Gasteiger partial charge in [0.1, 0.15) is 0 Å². The molecule has 0 aliphatic carbocycles. The zero-order valence-corrected chi connectivity index (χ0v) is 10.9. The van der Waals surface area contributed by atoms with Crippen molar-refractivity contribution < 1.29 is 13.9 Å². The standard InChI is InChI=1S/C11H10ClFO2Se/c12-6-11(14)15-9-3-4-16-10-2-1-7(13)5-8(9)10/h1-2,5,9H,3-4,6H2. The molecule has 16 heavy (non-hydrogen) atoms. The van der Waals surface area contributed by atoms with E-state index in [-0.39, 0.29) is 17.8 Å². The molecule has 0 radical (unpaired) electrons. The molecule has 1 aromatic carbocycles. The molecular weight excluding hydrogens is 298 g/mol. The number of rotatable bonds is 2. The molecule has 1 aliphatic rings. The summed E-state index contributed by atoms with van der Waals surface area (Å²) >= 11 is 5.74. The second-order valence-corrected chi connectivity index (χ2v) is 6.08. The fourth-order valence-corrected chi connectivity index (χ4v) is 3.96. The van der Waals surface area contributed by atoms with Crippen molar-refractivity contribution in [1.82, 2.24) is 0 Å². The predicted molar refractivity (Wildman–Crippen MR) is 60.8 cm³/mol. The van der Waals surface area contributed by atoms with E-state index >= 15 is 0 Å². The van der Waals surface area contributed by atoms with Gasteiger partial charge in [0.05, 0.1) is 0 Å². The molecule has 1 atom stereocenters. The normalized spacial score (nSPS) is 19.0. The van der Waals surface area contributed by atoms with Crippen LogP contribution >= 0.6 is 11.6 Å². The maximum atomic E-state index is 13.1. The third-order valence-electron chi connectivity index (χ3n) is 2.34. The fraction of sp³-hybridized carbons (Fsp3) is 0.364. The Morgan fingerprint density at radius 2 is 2.44 bits per heavy atom. The van der Waals surface area contributed by atoms with Gasteiger partial charge < -0.3 is 0 Å². The van der Waals surface area contributed by atoms with Crippen LogP contribution in [-0.2, 0) is 9.53 Å². The Morgan fingerprint density at radius 1 is 1.62 bits per heavy atom. The number of ether oxygens (including phenoxy) is 1. The minimum atomic E-state index is -0.448. The number of hydrogen-bond acceptors (Lipinski definition) is 2. The second-order valence-electron chi connectivity index (χ2n) is 3.43. The first-order chi connectivity index (χ1) is 7.70. The molecule has 0 spiro atoms. The Labute approximate surface area is 104 Å². The number of alkyl halides is 1. The van der Waals surface area contributed by atoms with E-state index in [0.717, 1.165) is 21.8 Å². The Morgan fingerprint density at radius 3 is 3.19 bits per heavy atom. The number of esters is 1. The Kier molecular flexibility index (Phi) is 3.85. The summed E-state index contributed by atoms with van der Waals surface area (Å²) in [5, 5.41) is 1.01. The monoisotopic (exact) mass is 308 g/mol. The van der Waals surface area contributed by atoms with E-state index in [1.54, 1.807) is 6.07 Å². The number of carbonyl (C=O) groups is 1. The number of fused-ring (bicyclic) bond motifs is 1. The molecule has 0 N–H and O–H groups in total. The Balaban J connectivity index is 2.24. The summed E-state index contributed by atoms with van der Waals surface area (Å²) in [6.45, 7) is 0. The summed E-state index contributed by atoms with van der Waals surface area (Å²) in [5.41, 5.74) is 0.810. The van der Waals surface area contributed by atoms with Crippen molar-refractivity contribution in [2.45, 2.75) is 17.8 Å².